The van der Waals surface area contributed by atoms with Crippen molar-refractivity contribution in [3.63, 3.8) is 0 Å². The van der Waals surface area contributed by atoms with Gasteiger partial charge in [0.1, 0.15) is 0 Å². The van der Waals surface area contributed by atoms with Gasteiger partial charge in [0.25, 0.3) is 5.91 Å². The molecule has 0 fully saturated rings. The van der Waals surface area contributed by atoms with E-state index in [1.807, 2.05) is 19.1 Å². The molecule has 0 spiro atoms. The lowest BCUT2D eigenvalue weighted by molar-refractivity contribution is -0.137. The molecular weight excluding hydrogens is 242 g/mol. The van der Waals surface area contributed by atoms with Gasteiger partial charge in [-0.05, 0) is 49.8 Å². The largest absolute Gasteiger partial charge is 0.481 e. The highest BCUT2D eigenvalue weighted by molar-refractivity contribution is 5.96. The third kappa shape index (κ3) is 3.34. The molecule has 1 unspecified atom stereocenters. The highest BCUT2D eigenvalue weighted by Gasteiger charge is 2.19. The van der Waals surface area contributed by atoms with E-state index in [-0.39, 0.29) is 18.4 Å². The van der Waals surface area contributed by atoms with Crippen LogP contribution in [0.3, 0.4) is 0 Å². The van der Waals surface area contributed by atoms with E-state index in [0.717, 1.165) is 30.4 Å². The second kappa shape index (κ2) is 5.87. The third-order valence-corrected chi connectivity index (χ3v) is 3.56. The summed E-state index contributed by atoms with van der Waals surface area (Å²) in [5.74, 6) is -0.918. The Hall–Kier alpha value is -1.84. The van der Waals surface area contributed by atoms with Gasteiger partial charge in [-0.1, -0.05) is 12.1 Å². The Morgan fingerprint density at radius 1 is 1.37 bits per heavy atom. The molecule has 1 aromatic rings. The molecule has 4 heteroatoms. The van der Waals surface area contributed by atoms with Crippen molar-refractivity contribution in [3.05, 3.63) is 34.9 Å². The van der Waals surface area contributed by atoms with Gasteiger partial charge in [-0.25, -0.2) is 0 Å². The minimum Gasteiger partial charge on any atom is -0.481 e. The fourth-order valence-corrected chi connectivity index (χ4v) is 2.55. The number of carboxylic acid groups (broad SMARTS) is 1. The van der Waals surface area contributed by atoms with Gasteiger partial charge in [-0.15, -0.1) is 0 Å². The van der Waals surface area contributed by atoms with Gasteiger partial charge in [0, 0.05) is 18.0 Å². The van der Waals surface area contributed by atoms with Crippen molar-refractivity contribution >= 4 is 11.9 Å². The molecule has 1 aromatic carbocycles. The molecule has 2 rings (SSSR count). The number of aryl methyl sites for hydroxylation is 1. The minimum absolute atomic E-state index is 0.0777. The molecule has 4 nitrogen and oxygen atoms in total. The number of carboxylic acids is 1. The summed E-state index contributed by atoms with van der Waals surface area (Å²) in [5.41, 5.74) is 3.17. The highest BCUT2D eigenvalue weighted by atomic mass is 16.4. The molecule has 0 bridgehead atoms. The van der Waals surface area contributed by atoms with Crippen molar-refractivity contribution < 1.29 is 14.7 Å². The predicted molar refractivity (Wildman–Crippen MR) is 72.3 cm³/mol. The molecule has 2 N–H and O–H groups in total. The van der Waals surface area contributed by atoms with Gasteiger partial charge in [0.15, 0.2) is 0 Å². The molecule has 1 amide bonds. The summed E-state index contributed by atoms with van der Waals surface area (Å²) in [6, 6.07) is 5.72. The SMILES string of the molecule is CC(CCC(=O)O)NC(=O)c1cccc2c1CCC2. The van der Waals surface area contributed by atoms with Crippen LogP contribution in [-0.4, -0.2) is 23.0 Å². The Kier molecular flexibility index (Phi) is 4.20. The Morgan fingerprint density at radius 3 is 2.89 bits per heavy atom. The maximum absolute atomic E-state index is 12.2. The highest BCUT2D eigenvalue weighted by Crippen LogP contribution is 2.25. The average molecular weight is 261 g/mol. The van der Waals surface area contributed by atoms with Crippen LogP contribution in [0.25, 0.3) is 0 Å². The van der Waals surface area contributed by atoms with Gasteiger partial charge in [0.2, 0.25) is 0 Å². The number of hydrogen-bond acceptors (Lipinski definition) is 2. The number of aliphatic carboxylic acids is 1. The number of amides is 1. The summed E-state index contributed by atoms with van der Waals surface area (Å²) in [6.07, 6.45) is 3.64. The quantitative estimate of drug-likeness (QED) is 0.853. The molecular formula is C15H19NO3. The predicted octanol–water partition coefficient (Wildman–Crippen LogP) is 2.16. The first-order chi connectivity index (χ1) is 9.08. The number of benzene rings is 1. The van der Waals surface area contributed by atoms with Crippen molar-refractivity contribution in [2.45, 2.75) is 45.1 Å². The zero-order chi connectivity index (χ0) is 13.8. The summed E-state index contributed by atoms with van der Waals surface area (Å²) in [7, 11) is 0. The first kappa shape index (κ1) is 13.6. The van der Waals surface area contributed by atoms with Crippen molar-refractivity contribution in [1.82, 2.24) is 5.32 Å². The van der Waals surface area contributed by atoms with Crippen molar-refractivity contribution in [1.29, 1.82) is 0 Å². The Morgan fingerprint density at radius 2 is 2.16 bits per heavy atom. The van der Waals surface area contributed by atoms with E-state index < -0.39 is 5.97 Å². The van der Waals surface area contributed by atoms with Crippen LogP contribution in [-0.2, 0) is 17.6 Å². The van der Waals surface area contributed by atoms with E-state index in [2.05, 4.69) is 11.4 Å². The standard InChI is InChI=1S/C15H19NO3/c1-10(8-9-14(17)18)16-15(19)13-7-3-5-11-4-2-6-12(11)13/h3,5,7,10H,2,4,6,8-9H2,1H3,(H,16,19)(H,17,18). The van der Waals surface area contributed by atoms with Crippen LogP contribution in [0.4, 0.5) is 0 Å². The zero-order valence-electron chi connectivity index (χ0n) is 11.1. The summed E-state index contributed by atoms with van der Waals surface area (Å²) in [6.45, 7) is 1.84. The normalized spacial score (nSPS) is 14.8. The second-order valence-corrected chi connectivity index (χ2v) is 5.10. The third-order valence-electron chi connectivity index (χ3n) is 3.56. The fraction of sp³-hybridized carbons (Fsp3) is 0.467. The van der Waals surface area contributed by atoms with E-state index in [1.54, 1.807) is 0 Å². The summed E-state index contributed by atoms with van der Waals surface area (Å²) < 4.78 is 0. The molecule has 0 saturated heterocycles. The molecule has 0 aliphatic heterocycles. The van der Waals surface area contributed by atoms with Crippen LogP contribution in [0.2, 0.25) is 0 Å². The fourth-order valence-electron chi connectivity index (χ4n) is 2.55. The molecule has 102 valence electrons. The Labute approximate surface area is 112 Å². The second-order valence-electron chi connectivity index (χ2n) is 5.10. The minimum atomic E-state index is -0.832. The number of fused-ring (bicyclic) bond motifs is 1. The van der Waals surface area contributed by atoms with Crippen LogP contribution in [0, 0.1) is 0 Å². The Balaban J connectivity index is 2.01. The zero-order valence-corrected chi connectivity index (χ0v) is 11.1. The van der Waals surface area contributed by atoms with Crippen LogP contribution in [0.15, 0.2) is 18.2 Å². The van der Waals surface area contributed by atoms with E-state index in [4.69, 9.17) is 5.11 Å². The molecule has 0 radical (unpaired) electrons. The van der Waals surface area contributed by atoms with Crippen molar-refractivity contribution in [2.75, 3.05) is 0 Å². The number of hydrogen-bond donors (Lipinski definition) is 2. The number of carbonyl (C=O) groups excluding carboxylic acids is 1. The van der Waals surface area contributed by atoms with E-state index >= 15 is 0 Å². The van der Waals surface area contributed by atoms with Crippen LogP contribution in [0.1, 0.15) is 47.7 Å². The monoisotopic (exact) mass is 261 g/mol. The smallest absolute Gasteiger partial charge is 0.303 e. The summed E-state index contributed by atoms with van der Waals surface area (Å²) >= 11 is 0. The maximum atomic E-state index is 12.2. The average Bonchev–Trinajstić information content (AvgIpc) is 2.84. The lowest BCUT2D eigenvalue weighted by atomic mass is 10.0. The summed E-state index contributed by atoms with van der Waals surface area (Å²) in [5, 5.41) is 11.5. The van der Waals surface area contributed by atoms with Gasteiger partial charge in [0.05, 0.1) is 0 Å². The molecule has 0 saturated carbocycles. The van der Waals surface area contributed by atoms with E-state index in [1.165, 1.54) is 5.56 Å². The van der Waals surface area contributed by atoms with Crippen LogP contribution in [0.5, 0.6) is 0 Å². The maximum Gasteiger partial charge on any atom is 0.303 e. The summed E-state index contributed by atoms with van der Waals surface area (Å²) in [4.78, 5) is 22.7. The molecule has 1 aliphatic rings. The number of nitrogens with one attached hydrogen (secondary N) is 1. The van der Waals surface area contributed by atoms with Crippen molar-refractivity contribution in [3.8, 4) is 0 Å². The van der Waals surface area contributed by atoms with Crippen LogP contribution >= 0.6 is 0 Å². The number of rotatable bonds is 5. The topological polar surface area (TPSA) is 66.4 Å². The van der Waals surface area contributed by atoms with E-state index in [0.29, 0.717) is 6.42 Å². The van der Waals surface area contributed by atoms with E-state index in [9.17, 15) is 9.59 Å². The van der Waals surface area contributed by atoms with Gasteiger partial charge in [-0.3, -0.25) is 9.59 Å². The lowest BCUT2D eigenvalue weighted by Gasteiger charge is -2.14. The Bertz CT molecular complexity index is 496. The van der Waals surface area contributed by atoms with Gasteiger partial charge < -0.3 is 10.4 Å². The lowest BCUT2D eigenvalue weighted by Crippen LogP contribution is -2.33. The number of carbonyl (C=O) groups is 2. The van der Waals surface area contributed by atoms with Crippen LogP contribution < -0.4 is 5.32 Å². The molecule has 1 atom stereocenters. The van der Waals surface area contributed by atoms with Crippen molar-refractivity contribution in [2.24, 2.45) is 0 Å². The van der Waals surface area contributed by atoms with Gasteiger partial charge >= 0.3 is 5.97 Å². The molecule has 19 heavy (non-hydrogen) atoms. The van der Waals surface area contributed by atoms with Gasteiger partial charge in [-0.2, -0.15) is 0 Å². The first-order valence-electron chi connectivity index (χ1n) is 6.71. The molecule has 0 heterocycles. The molecule has 1 aliphatic carbocycles. The molecule has 0 aromatic heterocycles. The first-order valence-corrected chi connectivity index (χ1v) is 6.71.